The SMILES string of the molecule is C/C=C(\C)C(=O)OC1c2cc3c(c(OC)c2-c2c(cc(OC)c(OC)c2OC)CC(C)C1(C)O)OCO3. The van der Waals surface area contributed by atoms with Gasteiger partial charge in [0.25, 0.3) is 0 Å². The lowest BCUT2D eigenvalue weighted by atomic mass is 9.73. The predicted octanol–water partition coefficient (Wildman–Crippen LogP) is 4.61. The summed E-state index contributed by atoms with van der Waals surface area (Å²) < 4.78 is 40.6. The van der Waals surface area contributed by atoms with Crippen molar-refractivity contribution in [3.8, 4) is 45.6 Å². The number of fused-ring (bicyclic) bond motifs is 4. The number of rotatable bonds is 6. The second-order valence-electron chi connectivity index (χ2n) is 9.38. The molecule has 2 aromatic rings. The summed E-state index contributed by atoms with van der Waals surface area (Å²) in [6.45, 7) is 7.00. The molecule has 9 nitrogen and oxygen atoms in total. The third-order valence-electron chi connectivity index (χ3n) is 7.33. The number of esters is 1. The van der Waals surface area contributed by atoms with Gasteiger partial charge in [0.05, 0.1) is 28.4 Å². The van der Waals surface area contributed by atoms with Crippen molar-refractivity contribution < 1.29 is 43.1 Å². The number of hydrogen-bond acceptors (Lipinski definition) is 9. The number of carbonyl (C=O) groups excluding carboxylic acids is 1. The highest BCUT2D eigenvalue weighted by atomic mass is 16.7. The molecule has 2 aliphatic rings. The van der Waals surface area contributed by atoms with Crippen LogP contribution in [0.5, 0.6) is 34.5 Å². The van der Waals surface area contributed by atoms with E-state index in [1.165, 1.54) is 14.2 Å². The van der Waals surface area contributed by atoms with Crippen LogP contribution in [-0.2, 0) is 16.0 Å². The van der Waals surface area contributed by atoms with E-state index in [1.807, 2.05) is 13.0 Å². The molecule has 1 aliphatic carbocycles. The fourth-order valence-corrected chi connectivity index (χ4v) is 4.94. The molecule has 0 radical (unpaired) electrons. The molecule has 0 aromatic heterocycles. The summed E-state index contributed by atoms with van der Waals surface area (Å²) in [5, 5.41) is 12.0. The highest BCUT2D eigenvalue weighted by molar-refractivity contribution is 5.91. The predicted molar refractivity (Wildman–Crippen MR) is 136 cm³/mol. The monoisotopic (exact) mass is 514 g/mol. The molecule has 4 rings (SSSR count). The van der Waals surface area contributed by atoms with Gasteiger partial charge in [-0.3, -0.25) is 0 Å². The van der Waals surface area contributed by atoms with Crippen LogP contribution in [0, 0.1) is 5.92 Å². The van der Waals surface area contributed by atoms with Crippen LogP contribution in [-0.4, -0.2) is 51.9 Å². The molecule has 0 saturated heterocycles. The lowest BCUT2D eigenvalue weighted by molar-refractivity contribution is -0.166. The zero-order valence-electron chi connectivity index (χ0n) is 22.5. The molecular formula is C28H34O9. The lowest BCUT2D eigenvalue weighted by Gasteiger charge is -2.41. The Kier molecular flexibility index (Phi) is 7.19. The summed E-state index contributed by atoms with van der Waals surface area (Å²) >= 11 is 0. The number of carbonyl (C=O) groups is 1. The van der Waals surface area contributed by atoms with Gasteiger partial charge >= 0.3 is 5.97 Å². The van der Waals surface area contributed by atoms with Crippen LogP contribution in [0.2, 0.25) is 0 Å². The fraction of sp³-hybridized carbons (Fsp3) is 0.464. The quantitative estimate of drug-likeness (QED) is 0.437. The van der Waals surface area contributed by atoms with Crippen LogP contribution in [0.3, 0.4) is 0 Å². The minimum atomic E-state index is -1.48. The minimum Gasteiger partial charge on any atom is -0.493 e. The molecule has 1 heterocycles. The van der Waals surface area contributed by atoms with E-state index < -0.39 is 17.7 Å². The van der Waals surface area contributed by atoms with Crippen LogP contribution in [0.15, 0.2) is 23.8 Å². The summed E-state index contributed by atoms with van der Waals surface area (Å²) in [5.41, 5.74) is 1.47. The molecule has 3 atom stereocenters. The van der Waals surface area contributed by atoms with Crippen molar-refractivity contribution in [1.29, 1.82) is 0 Å². The molecule has 1 aliphatic heterocycles. The largest absolute Gasteiger partial charge is 0.493 e. The van der Waals surface area contributed by atoms with Crippen molar-refractivity contribution in [1.82, 2.24) is 0 Å². The first-order valence-electron chi connectivity index (χ1n) is 12.0. The Morgan fingerprint density at radius 1 is 1.03 bits per heavy atom. The van der Waals surface area contributed by atoms with Crippen LogP contribution in [0.4, 0.5) is 0 Å². The topological polar surface area (TPSA) is 102 Å². The van der Waals surface area contributed by atoms with Gasteiger partial charge in [0, 0.05) is 22.3 Å². The van der Waals surface area contributed by atoms with Gasteiger partial charge in [0.2, 0.25) is 18.3 Å². The molecule has 0 saturated carbocycles. The minimum absolute atomic E-state index is 0.000553. The Hall–Kier alpha value is -3.59. The second kappa shape index (κ2) is 10.0. The molecule has 3 unspecified atom stereocenters. The number of aliphatic hydroxyl groups is 1. The molecule has 2 aromatic carbocycles. The Morgan fingerprint density at radius 2 is 1.70 bits per heavy atom. The van der Waals surface area contributed by atoms with E-state index in [0.717, 1.165) is 5.56 Å². The van der Waals surface area contributed by atoms with Crippen molar-refractivity contribution in [2.75, 3.05) is 35.2 Å². The van der Waals surface area contributed by atoms with Gasteiger partial charge in [-0.05, 0) is 50.8 Å². The average molecular weight is 515 g/mol. The molecule has 9 heteroatoms. The zero-order valence-corrected chi connectivity index (χ0v) is 22.5. The maximum absolute atomic E-state index is 13.0. The summed E-state index contributed by atoms with van der Waals surface area (Å²) in [4.78, 5) is 13.0. The first kappa shape index (κ1) is 26.5. The normalized spacial score (nSPS) is 22.2. The summed E-state index contributed by atoms with van der Waals surface area (Å²) in [7, 11) is 6.15. The van der Waals surface area contributed by atoms with Crippen LogP contribution in [0.25, 0.3) is 11.1 Å². The molecule has 0 fully saturated rings. The first-order chi connectivity index (χ1) is 17.6. The average Bonchev–Trinajstić information content (AvgIpc) is 3.36. The summed E-state index contributed by atoms with van der Waals surface area (Å²) in [5.74, 6) is 1.59. The zero-order chi connectivity index (χ0) is 27.1. The first-order valence-corrected chi connectivity index (χ1v) is 12.0. The summed E-state index contributed by atoms with van der Waals surface area (Å²) in [6.07, 6.45) is 1.00. The number of ether oxygens (including phenoxy) is 7. The van der Waals surface area contributed by atoms with Gasteiger partial charge in [-0.1, -0.05) is 13.0 Å². The standard InChI is InChI=1S/C28H34O9/c1-9-14(2)27(29)37-26-17-12-19-23(36-13-35-19)25(34-8)21(17)20-16(10-15(3)28(26,4)30)11-18(31-5)22(32-6)24(20)33-7/h9,11-12,15,26,30H,10,13H2,1-8H3/b14-9+. The third kappa shape index (κ3) is 4.21. The molecule has 37 heavy (non-hydrogen) atoms. The van der Waals surface area contributed by atoms with Gasteiger partial charge in [-0.25, -0.2) is 4.79 Å². The third-order valence-corrected chi connectivity index (χ3v) is 7.33. The smallest absolute Gasteiger partial charge is 0.334 e. The van der Waals surface area contributed by atoms with Crippen molar-refractivity contribution in [3.63, 3.8) is 0 Å². The molecule has 1 N–H and O–H groups in total. The molecule has 200 valence electrons. The van der Waals surface area contributed by atoms with E-state index in [9.17, 15) is 9.90 Å². The van der Waals surface area contributed by atoms with Crippen molar-refractivity contribution in [2.45, 2.75) is 45.8 Å². The van der Waals surface area contributed by atoms with E-state index in [-0.39, 0.29) is 12.7 Å². The van der Waals surface area contributed by atoms with E-state index >= 15 is 0 Å². The van der Waals surface area contributed by atoms with Gasteiger partial charge in [-0.2, -0.15) is 0 Å². The lowest BCUT2D eigenvalue weighted by Crippen LogP contribution is -2.44. The van der Waals surface area contributed by atoms with E-state index in [2.05, 4.69) is 0 Å². The Bertz CT molecular complexity index is 1250. The van der Waals surface area contributed by atoms with Crippen molar-refractivity contribution in [3.05, 3.63) is 34.9 Å². The maximum atomic E-state index is 13.0. The molecular weight excluding hydrogens is 480 g/mol. The van der Waals surface area contributed by atoms with Crippen LogP contribution in [0.1, 0.15) is 44.9 Å². The van der Waals surface area contributed by atoms with Gasteiger partial charge in [0.1, 0.15) is 5.60 Å². The van der Waals surface area contributed by atoms with Gasteiger partial charge in [0.15, 0.2) is 29.1 Å². The Balaban J connectivity index is 2.16. The van der Waals surface area contributed by atoms with Gasteiger partial charge in [-0.15, -0.1) is 0 Å². The maximum Gasteiger partial charge on any atom is 0.334 e. The molecule has 0 bridgehead atoms. The molecule has 0 amide bonds. The fourth-order valence-electron chi connectivity index (χ4n) is 4.94. The van der Waals surface area contributed by atoms with E-state index in [1.54, 1.807) is 47.1 Å². The number of benzene rings is 2. The number of hydrogen-bond donors (Lipinski definition) is 1. The van der Waals surface area contributed by atoms with Crippen LogP contribution < -0.4 is 28.4 Å². The molecule has 0 spiro atoms. The van der Waals surface area contributed by atoms with Crippen molar-refractivity contribution in [2.24, 2.45) is 5.92 Å². The highest BCUT2D eigenvalue weighted by Gasteiger charge is 2.47. The Morgan fingerprint density at radius 3 is 2.30 bits per heavy atom. The summed E-state index contributed by atoms with van der Waals surface area (Å²) in [6, 6.07) is 3.60. The van der Waals surface area contributed by atoms with E-state index in [0.29, 0.717) is 63.2 Å². The van der Waals surface area contributed by atoms with Gasteiger partial charge < -0.3 is 38.3 Å². The number of allylic oxidation sites excluding steroid dienone is 1. The highest BCUT2D eigenvalue weighted by Crippen LogP contribution is 2.59. The second-order valence-corrected chi connectivity index (χ2v) is 9.38. The van der Waals surface area contributed by atoms with Crippen molar-refractivity contribution >= 4 is 5.97 Å². The van der Waals surface area contributed by atoms with Crippen LogP contribution >= 0.6 is 0 Å². The van der Waals surface area contributed by atoms with E-state index in [4.69, 9.17) is 33.2 Å². The number of methoxy groups -OCH3 is 4. The Labute approximate surface area is 216 Å².